The minimum absolute atomic E-state index is 0.0529. The van der Waals surface area contributed by atoms with Gasteiger partial charge in [-0.05, 0) is 29.5 Å². The van der Waals surface area contributed by atoms with Crippen molar-refractivity contribution >= 4 is 23.2 Å². The zero-order valence-electron chi connectivity index (χ0n) is 16.0. The minimum atomic E-state index is -0.0529. The highest BCUT2D eigenvalue weighted by atomic mass is 32.1. The molecule has 5 heterocycles. The molecule has 0 unspecified atom stereocenters. The van der Waals surface area contributed by atoms with E-state index in [0.717, 1.165) is 45.1 Å². The van der Waals surface area contributed by atoms with Gasteiger partial charge in [-0.2, -0.15) is 0 Å². The van der Waals surface area contributed by atoms with Crippen molar-refractivity contribution in [3.8, 4) is 0 Å². The minimum Gasteiger partial charge on any atom is -0.447 e. The predicted octanol–water partition coefficient (Wildman–Crippen LogP) is 2.05. The fourth-order valence-electron chi connectivity index (χ4n) is 3.82. The van der Waals surface area contributed by atoms with E-state index < -0.39 is 0 Å². The van der Waals surface area contributed by atoms with Gasteiger partial charge in [-0.25, -0.2) is 15.0 Å². The molecule has 3 aromatic rings. The molecule has 29 heavy (non-hydrogen) atoms. The molecule has 0 atom stereocenters. The van der Waals surface area contributed by atoms with E-state index in [0.29, 0.717) is 24.7 Å². The summed E-state index contributed by atoms with van der Waals surface area (Å²) in [4.78, 5) is 33.6. The molecule has 1 saturated heterocycles. The summed E-state index contributed by atoms with van der Waals surface area (Å²) >= 11 is 1.77. The van der Waals surface area contributed by atoms with Crippen LogP contribution >= 0.6 is 11.3 Å². The van der Waals surface area contributed by atoms with E-state index in [4.69, 9.17) is 4.42 Å². The van der Waals surface area contributed by atoms with Gasteiger partial charge in [0.25, 0.3) is 5.91 Å². The van der Waals surface area contributed by atoms with Gasteiger partial charge in [0.2, 0.25) is 11.8 Å². The molecule has 2 aliphatic heterocycles. The number of oxazole rings is 1. The van der Waals surface area contributed by atoms with Gasteiger partial charge < -0.3 is 14.2 Å². The molecule has 0 saturated carbocycles. The van der Waals surface area contributed by atoms with Crippen LogP contribution in [0.25, 0.3) is 0 Å². The van der Waals surface area contributed by atoms with E-state index in [-0.39, 0.29) is 5.91 Å². The van der Waals surface area contributed by atoms with Gasteiger partial charge >= 0.3 is 0 Å². The fourth-order valence-corrected chi connectivity index (χ4v) is 4.71. The monoisotopic (exact) mass is 410 g/mol. The SMILES string of the molecule is O=C(c1coc(CN2CCN(c3ncccn3)CC2)n1)N1CCc2sccc2C1. The van der Waals surface area contributed by atoms with Crippen LogP contribution in [0, 0.1) is 0 Å². The molecular formula is C20H22N6O2S. The molecule has 0 aromatic carbocycles. The highest BCUT2D eigenvalue weighted by Crippen LogP contribution is 2.25. The van der Waals surface area contributed by atoms with Gasteiger partial charge in [-0.1, -0.05) is 0 Å². The van der Waals surface area contributed by atoms with Gasteiger partial charge in [-0.3, -0.25) is 9.69 Å². The number of anilines is 1. The Hall–Kier alpha value is -2.78. The number of carbonyl (C=O) groups is 1. The Bertz CT molecular complexity index is 980. The number of hydrogen-bond donors (Lipinski definition) is 0. The van der Waals surface area contributed by atoms with E-state index in [1.807, 2.05) is 11.0 Å². The summed E-state index contributed by atoms with van der Waals surface area (Å²) in [6.07, 6.45) is 5.94. The largest absolute Gasteiger partial charge is 0.447 e. The van der Waals surface area contributed by atoms with Crippen LogP contribution in [0.4, 0.5) is 5.95 Å². The molecule has 0 aliphatic carbocycles. The lowest BCUT2D eigenvalue weighted by Crippen LogP contribution is -2.46. The van der Waals surface area contributed by atoms with Crippen molar-refractivity contribution in [1.82, 2.24) is 24.8 Å². The van der Waals surface area contributed by atoms with Crippen LogP contribution in [0.5, 0.6) is 0 Å². The van der Waals surface area contributed by atoms with Crippen molar-refractivity contribution < 1.29 is 9.21 Å². The van der Waals surface area contributed by atoms with E-state index in [2.05, 4.69) is 36.2 Å². The predicted molar refractivity (Wildman–Crippen MR) is 109 cm³/mol. The summed E-state index contributed by atoms with van der Waals surface area (Å²) in [7, 11) is 0. The fraction of sp³-hybridized carbons (Fsp3) is 0.400. The third kappa shape index (κ3) is 3.88. The summed E-state index contributed by atoms with van der Waals surface area (Å²) < 4.78 is 5.61. The second-order valence-electron chi connectivity index (χ2n) is 7.28. The Kier molecular flexibility index (Phi) is 4.99. The Labute approximate surface area is 172 Å². The molecule has 1 amide bonds. The number of rotatable bonds is 4. The van der Waals surface area contributed by atoms with Crippen LogP contribution in [0.1, 0.15) is 26.8 Å². The van der Waals surface area contributed by atoms with Crippen LogP contribution in [-0.4, -0.2) is 63.4 Å². The molecule has 0 radical (unpaired) electrons. The average Bonchev–Trinajstić information content (AvgIpc) is 3.43. The van der Waals surface area contributed by atoms with Gasteiger partial charge in [0.05, 0.1) is 6.54 Å². The molecular weight excluding hydrogens is 388 g/mol. The Morgan fingerprint density at radius 2 is 1.97 bits per heavy atom. The molecule has 150 valence electrons. The maximum absolute atomic E-state index is 12.8. The third-order valence-electron chi connectivity index (χ3n) is 5.43. The highest BCUT2D eigenvalue weighted by Gasteiger charge is 2.26. The van der Waals surface area contributed by atoms with E-state index in [1.54, 1.807) is 23.7 Å². The summed E-state index contributed by atoms with van der Waals surface area (Å²) in [5.41, 5.74) is 1.65. The van der Waals surface area contributed by atoms with Crippen molar-refractivity contribution in [3.05, 3.63) is 58.2 Å². The molecule has 0 spiro atoms. The molecule has 8 nitrogen and oxygen atoms in total. The molecule has 0 bridgehead atoms. The van der Waals surface area contributed by atoms with Crippen LogP contribution in [0.3, 0.4) is 0 Å². The third-order valence-corrected chi connectivity index (χ3v) is 6.45. The van der Waals surface area contributed by atoms with Crippen LogP contribution in [0.2, 0.25) is 0 Å². The average molecular weight is 411 g/mol. The molecule has 1 fully saturated rings. The molecule has 9 heteroatoms. The summed E-state index contributed by atoms with van der Waals surface area (Å²) in [5, 5.41) is 2.09. The summed E-state index contributed by atoms with van der Waals surface area (Å²) in [6.45, 7) is 5.45. The molecule has 0 N–H and O–H groups in total. The second kappa shape index (κ2) is 7.92. The highest BCUT2D eigenvalue weighted by molar-refractivity contribution is 7.10. The Morgan fingerprint density at radius 3 is 2.79 bits per heavy atom. The summed E-state index contributed by atoms with van der Waals surface area (Å²) in [6, 6.07) is 3.93. The van der Waals surface area contributed by atoms with E-state index in [9.17, 15) is 4.79 Å². The van der Waals surface area contributed by atoms with E-state index >= 15 is 0 Å². The zero-order valence-corrected chi connectivity index (χ0v) is 16.8. The maximum Gasteiger partial charge on any atom is 0.276 e. The maximum atomic E-state index is 12.8. The zero-order chi connectivity index (χ0) is 19.6. The first-order valence-corrected chi connectivity index (χ1v) is 10.7. The van der Waals surface area contributed by atoms with Crippen LogP contribution in [-0.2, 0) is 19.5 Å². The number of carbonyl (C=O) groups excluding carboxylic acids is 1. The van der Waals surface area contributed by atoms with Gasteiger partial charge in [0.1, 0.15) is 6.26 Å². The Morgan fingerprint density at radius 1 is 1.14 bits per heavy atom. The van der Waals surface area contributed by atoms with Gasteiger partial charge in [0.15, 0.2) is 5.69 Å². The first-order valence-electron chi connectivity index (χ1n) is 9.79. The number of hydrogen-bond acceptors (Lipinski definition) is 8. The Balaban J connectivity index is 1.17. The van der Waals surface area contributed by atoms with Gasteiger partial charge in [0, 0.05) is 56.5 Å². The molecule has 3 aromatic heterocycles. The number of nitrogens with zero attached hydrogens (tertiary/aromatic N) is 6. The molecule has 2 aliphatic rings. The number of aromatic nitrogens is 3. The van der Waals surface area contributed by atoms with Crippen molar-refractivity contribution in [2.24, 2.45) is 0 Å². The smallest absolute Gasteiger partial charge is 0.276 e. The topological polar surface area (TPSA) is 78.6 Å². The van der Waals surface area contributed by atoms with Crippen LogP contribution in [0.15, 0.2) is 40.6 Å². The first-order chi connectivity index (χ1) is 14.3. The number of fused-ring (bicyclic) bond motifs is 1. The standard InChI is InChI=1S/C20H22N6O2S/c27-19(26-6-2-17-15(12-26)3-11-29-17)16-14-28-18(23-16)13-24-7-9-25(10-8-24)20-21-4-1-5-22-20/h1,3-5,11,14H,2,6-10,12-13H2. The number of piperazine rings is 1. The van der Waals surface area contributed by atoms with Crippen molar-refractivity contribution in [2.45, 2.75) is 19.5 Å². The van der Waals surface area contributed by atoms with Crippen LogP contribution < -0.4 is 4.90 Å². The lowest BCUT2D eigenvalue weighted by atomic mass is 10.1. The lowest BCUT2D eigenvalue weighted by molar-refractivity contribution is 0.0729. The van der Waals surface area contributed by atoms with Crippen molar-refractivity contribution in [3.63, 3.8) is 0 Å². The second-order valence-corrected chi connectivity index (χ2v) is 8.28. The lowest BCUT2D eigenvalue weighted by Gasteiger charge is -2.33. The first kappa shape index (κ1) is 18.3. The number of thiophene rings is 1. The van der Waals surface area contributed by atoms with Crippen molar-refractivity contribution in [1.29, 1.82) is 0 Å². The van der Waals surface area contributed by atoms with E-state index in [1.165, 1.54) is 16.7 Å². The quantitative estimate of drug-likeness (QED) is 0.651. The number of amides is 1. The normalized spacial score (nSPS) is 17.4. The summed E-state index contributed by atoms with van der Waals surface area (Å²) in [5.74, 6) is 1.31. The molecule has 5 rings (SSSR count). The van der Waals surface area contributed by atoms with Gasteiger partial charge in [-0.15, -0.1) is 11.3 Å². The van der Waals surface area contributed by atoms with Crippen molar-refractivity contribution in [2.75, 3.05) is 37.6 Å².